The number of amides is 3. The van der Waals surface area contributed by atoms with Crippen molar-refractivity contribution in [1.82, 2.24) is 16.2 Å². The molecule has 0 bridgehead atoms. The highest BCUT2D eigenvalue weighted by atomic mass is 19.1. The summed E-state index contributed by atoms with van der Waals surface area (Å²) in [6.07, 6.45) is 0. The Balaban J connectivity index is 2.43. The van der Waals surface area contributed by atoms with E-state index in [0.717, 1.165) is 6.07 Å². The normalized spacial score (nSPS) is 9.70. The maximum absolute atomic E-state index is 13.3. The van der Waals surface area contributed by atoms with E-state index in [1.165, 1.54) is 25.3 Å². The van der Waals surface area contributed by atoms with E-state index in [1.807, 2.05) is 10.9 Å². The number of halogens is 1. The van der Waals surface area contributed by atoms with Crippen LogP contribution in [0.1, 0.15) is 10.4 Å². The maximum atomic E-state index is 13.3. The lowest BCUT2D eigenvalue weighted by Crippen LogP contribution is -2.49. The average Bonchev–Trinajstić information content (AvgIpc) is 2.45. The third kappa shape index (κ3) is 4.65. The van der Waals surface area contributed by atoms with E-state index in [9.17, 15) is 18.8 Å². The fourth-order valence-electron chi connectivity index (χ4n) is 1.23. The lowest BCUT2D eigenvalue weighted by Gasteiger charge is -2.08. The third-order valence-electron chi connectivity index (χ3n) is 2.21. The fraction of sp³-hybridized carbons (Fsp3) is 0.250. The van der Waals surface area contributed by atoms with Gasteiger partial charge in [-0.15, -0.1) is 0 Å². The van der Waals surface area contributed by atoms with E-state index in [-0.39, 0.29) is 18.7 Å². The zero-order chi connectivity index (χ0) is 15.0. The van der Waals surface area contributed by atoms with E-state index in [2.05, 4.69) is 10.1 Å². The van der Waals surface area contributed by atoms with Crippen LogP contribution in [-0.2, 0) is 14.3 Å². The molecule has 3 N–H and O–H groups in total. The Hall–Kier alpha value is -2.48. The van der Waals surface area contributed by atoms with Gasteiger partial charge in [0.05, 0.1) is 12.2 Å². The zero-order valence-corrected chi connectivity index (χ0v) is 10.7. The molecule has 3 amide bonds. The van der Waals surface area contributed by atoms with Crippen molar-refractivity contribution >= 4 is 17.7 Å². The highest BCUT2D eigenvalue weighted by Gasteiger charge is 2.15. The molecule has 0 fully saturated rings. The zero-order valence-electron chi connectivity index (χ0n) is 10.7. The molecule has 0 unspecified atom stereocenters. The number of nitrogens with one attached hydrogen (secondary N) is 3. The van der Waals surface area contributed by atoms with Crippen molar-refractivity contribution < 1.29 is 23.5 Å². The molecule has 1 rings (SSSR count). The van der Waals surface area contributed by atoms with Crippen LogP contribution in [-0.4, -0.2) is 38.0 Å². The van der Waals surface area contributed by atoms with Gasteiger partial charge >= 0.3 is 11.8 Å². The summed E-state index contributed by atoms with van der Waals surface area (Å²) in [7, 11) is 1.45. The van der Waals surface area contributed by atoms with Gasteiger partial charge in [0.1, 0.15) is 5.82 Å². The predicted octanol–water partition coefficient (Wildman–Crippen LogP) is -0.651. The van der Waals surface area contributed by atoms with Crippen LogP contribution in [0.4, 0.5) is 4.39 Å². The third-order valence-corrected chi connectivity index (χ3v) is 2.21. The molecule has 0 aliphatic carbocycles. The minimum absolute atomic E-state index is 0.157. The monoisotopic (exact) mass is 283 g/mol. The first-order chi connectivity index (χ1) is 9.56. The van der Waals surface area contributed by atoms with Gasteiger partial charge in [-0.2, -0.15) is 0 Å². The number of hydrazine groups is 1. The molecule has 0 aliphatic heterocycles. The first kappa shape index (κ1) is 15.6. The summed E-state index contributed by atoms with van der Waals surface area (Å²) in [5.74, 6) is -3.59. The predicted molar refractivity (Wildman–Crippen MR) is 66.9 cm³/mol. The molecule has 0 saturated carbocycles. The molecule has 0 saturated heterocycles. The number of carbonyl (C=O) groups is 3. The van der Waals surface area contributed by atoms with Crippen LogP contribution in [0, 0.1) is 5.82 Å². The van der Waals surface area contributed by atoms with Crippen molar-refractivity contribution in [2.45, 2.75) is 0 Å². The molecule has 0 aromatic heterocycles. The number of rotatable bonds is 4. The molecule has 0 radical (unpaired) electrons. The Labute approximate surface area is 114 Å². The van der Waals surface area contributed by atoms with E-state index in [0.29, 0.717) is 0 Å². The quantitative estimate of drug-likeness (QED) is 0.388. The molecular weight excluding hydrogens is 269 g/mol. The summed E-state index contributed by atoms with van der Waals surface area (Å²) < 4.78 is 17.9. The van der Waals surface area contributed by atoms with Crippen molar-refractivity contribution in [2.24, 2.45) is 0 Å². The average molecular weight is 283 g/mol. The highest BCUT2D eigenvalue weighted by Crippen LogP contribution is 2.04. The van der Waals surface area contributed by atoms with E-state index >= 15 is 0 Å². The summed E-state index contributed by atoms with van der Waals surface area (Å²) >= 11 is 0. The van der Waals surface area contributed by atoms with Gasteiger partial charge in [0, 0.05) is 13.7 Å². The SMILES string of the molecule is COCCNC(=O)C(=O)NNC(=O)c1ccccc1F. The summed E-state index contributed by atoms with van der Waals surface area (Å²) in [5.41, 5.74) is 3.57. The number of benzene rings is 1. The molecule has 0 atom stereocenters. The van der Waals surface area contributed by atoms with Crippen molar-refractivity contribution in [3.8, 4) is 0 Å². The van der Waals surface area contributed by atoms with E-state index < -0.39 is 23.5 Å². The van der Waals surface area contributed by atoms with Crippen LogP contribution < -0.4 is 16.2 Å². The highest BCUT2D eigenvalue weighted by molar-refractivity contribution is 6.35. The Morgan fingerprint density at radius 2 is 1.85 bits per heavy atom. The number of ether oxygens (including phenoxy) is 1. The summed E-state index contributed by atoms with van der Waals surface area (Å²) in [6.45, 7) is 0.407. The van der Waals surface area contributed by atoms with Crippen LogP contribution in [0.5, 0.6) is 0 Å². The first-order valence-corrected chi connectivity index (χ1v) is 5.68. The minimum atomic E-state index is -1.06. The number of hydrogen-bond acceptors (Lipinski definition) is 4. The van der Waals surface area contributed by atoms with Crippen molar-refractivity contribution in [3.63, 3.8) is 0 Å². The molecule has 108 valence electrons. The second-order valence-electron chi connectivity index (χ2n) is 3.64. The van der Waals surface area contributed by atoms with Crippen LogP contribution >= 0.6 is 0 Å². The molecular formula is C12H14FN3O4. The van der Waals surface area contributed by atoms with Crippen LogP contribution in [0.15, 0.2) is 24.3 Å². The van der Waals surface area contributed by atoms with Crippen LogP contribution in [0.3, 0.4) is 0 Å². The number of carbonyl (C=O) groups excluding carboxylic acids is 3. The van der Waals surface area contributed by atoms with Gasteiger partial charge in [-0.05, 0) is 12.1 Å². The standard InChI is InChI=1S/C12H14FN3O4/c1-20-7-6-14-11(18)12(19)16-15-10(17)8-4-2-3-5-9(8)13/h2-5H,6-7H2,1H3,(H,14,18)(H,15,17)(H,16,19). The van der Waals surface area contributed by atoms with Gasteiger partial charge < -0.3 is 10.1 Å². The van der Waals surface area contributed by atoms with Crippen molar-refractivity contribution in [1.29, 1.82) is 0 Å². The Morgan fingerprint density at radius 1 is 1.15 bits per heavy atom. The molecule has 8 heteroatoms. The number of methoxy groups -OCH3 is 1. The summed E-state index contributed by atoms with van der Waals surface area (Å²) in [5, 5.41) is 2.26. The second-order valence-corrected chi connectivity index (χ2v) is 3.64. The van der Waals surface area contributed by atoms with Gasteiger partial charge in [-0.25, -0.2) is 4.39 Å². The maximum Gasteiger partial charge on any atom is 0.327 e. The smallest absolute Gasteiger partial charge is 0.327 e. The second kappa shape index (κ2) is 7.85. The van der Waals surface area contributed by atoms with E-state index in [4.69, 9.17) is 0 Å². The summed E-state index contributed by atoms with van der Waals surface area (Å²) in [4.78, 5) is 34.1. The molecule has 0 heterocycles. The molecule has 0 spiro atoms. The fourth-order valence-corrected chi connectivity index (χ4v) is 1.23. The van der Waals surface area contributed by atoms with Crippen LogP contribution in [0.2, 0.25) is 0 Å². The topological polar surface area (TPSA) is 96.5 Å². The molecule has 20 heavy (non-hydrogen) atoms. The van der Waals surface area contributed by atoms with Gasteiger partial charge in [0.15, 0.2) is 0 Å². The number of hydrogen-bond donors (Lipinski definition) is 3. The van der Waals surface area contributed by atoms with Crippen molar-refractivity contribution in [3.05, 3.63) is 35.6 Å². The van der Waals surface area contributed by atoms with Gasteiger partial charge in [-0.1, -0.05) is 12.1 Å². The Morgan fingerprint density at radius 3 is 2.50 bits per heavy atom. The van der Waals surface area contributed by atoms with Crippen LogP contribution in [0.25, 0.3) is 0 Å². The van der Waals surface area contributed by atoms with Crippen molar-refractivity contribution in [2.75, 3.05) is 20.3 Å². The lowest BCUT2D eigenvalue weighted by atomic mass is 10.2. The molecule has 0 aliphatic rings. The molecule has 7 nitrogen and oxygen atoms in total. The van der Waals surface area contributed by atoms with Gasteiger partial charge in [0.2, 0.25) is 0 Å². The first-order valence-electron chi connectivity index (χ1n) is 5.68. The van der Waals surface area contributed by atoms with Gasteiger partial charge in [-0.3, -0.25) is 25.2 Å². The Bertz CT molecular complexity index is 507. The molecule has 1 aromatic rings. The molecule has 1 aromatic carbocycles. The minimum Gasteiger partial charge on any atom is -0.383 e. The van der Waals surface area contributed by atoms with Gasteiger partial charge in [0.25, 0.3) is 5.91 Å². The van der Waals surface area contributed by atoms with E-state index in [1.54, 1.807) is 0 Å². The Kier molecular flexibility index (Phi) is 6.11. The largest absolute Gasteiger partial charge is 0.383 e. The lowest BCUT2D eigenvalue weighted by molar-refractivity contribution is -0.139. The summed E-state index contributed by atoms with van der Waals surface area (Å²) in [6, 6.07) is 5.24.